The lowest BCUT2D eigenvalue weighted by Crippen LogP contribution is -2.47. The van der Waals surface area contributed by atoms with Gasteiger partial charge in [0.05, 0.1) is 12.7 Å². The minimum absolute atomic E-state index is 0.0313. The summed E-state index contributed by atoms with van der Waals surface area (Å²) in [6.45, 7) is 2.85. The Hall–Kier alpha value is -3.42. The monoisotopic (exact) mass is 402 g/mol. The first kappa shape index (κ1) is 21.9. The SMILES string of the molecule is COc1ccc(F)cc1C(=O)COC(=O)[C@@H](NC(=O)Nc1ccccc1)C(C)C. The number of nitrogens with one attached hydrogen (secondary N) is 2. The quantitative estimate of drug-likeness (QED) is 0.521. The number of methoxy groups -OCH3 is 1. The van der Waals surface area contributed by atoms with Gasteiger partial charge in [-0.05, 0) is 36.2 Å². The first-order chi connectivity index (χ1) is 13.8. The number of hydrogen-bond donors (Lipinski definition) is 2. The van der Waals surface area contributed by atoms with E-state index in [0.29, 0.717) is 5.69 Å². The zero-order valence-corrected chi connectivity index (χ0v) is 16.4. The van der Waals surface area contributed by atoms with E-state index in [0.717, 1.165) is 12.1 Å². The Morgan fingerprint density at radius 1 is 1.07 bits per heavy atom. The fourth-order valence-electron chi connectivity index (χ4n) is 2.53. The molecule has 0 aliphatic rings. The van der Waals surface area contributed by atoms with Crippen molar-refractivity contribution in [3.63, 3.8) is 0 Å². The van der Waals surface area contributed by atoms with Crippen molar-refractivity contribution < 1.29 is 28.2 Å². The molecule has 0 spiro atoms. The van der Waals surface area contributed by atoms with Gasteiger partial charge in [-0.2, -0.15) is 0 Å². The second-order valence-electron chi connectivity index (χ2n) is 6.56. The maximum atomic E-state index is 13.4. The molecule has 0 saturated heterocycles. The normalized spacial score (nSPS) is 11.5. The van der Waals surface area contributed by atoms with E-state index in [-0.39, 0.29) is 17.2 Å². The number of anilines is 1. The average Bonchev–Trinajstić information content (AvgIpc) is 2.70. The molecular formula is C21H23FN2O5. The first-order valence-corrected chi connectivity index (χ1v) is 8.97. The summed E-state index contributed by atoms with van der Waals surface area (Å²) in [5.41, 5.74) is 0.533. The molecule has 7 nitrogen and oxygen atoms in total. The molecule has 0 fully saturated rings. The lowest BCUT2D eigenvalue weighted by atomic mass is 10.0. The summed E-state index contributed by atoms with van der Waals surface area (Å²) in [5.74, 6) is -2.12. The van der Waals surface area contributed by atoms with Crippen LogP contribution in [0.25, 0.3) is 0 Å². The summed E-state index contributed by atoms with van der Waals surface area (Å²) < 4.78 is 23.5. The summed E-state index contributed by atoms with van der Waals surface area (Å²) in [7, 11) is 1.35. The molecule has 0 unspecified atom stereocenters. The fourth-order valence-corrected chi connectivity index (χ4v) is 2.53. The predicted octanol–water partition coefficient (Wildman–Crippen LogP) is 3.41. The molecule has 2 amide bonds. The lowest BCUT2D eigenvalue weighted by molar-refractivity contribution is -0.145. The minimum Gasteiger partial charge on any atom is -0.496 e. The number of carbonyl (C=O) groups excluding carboxylic acids is 3. The Morgan fingerprint density at radius 3 is 2.38 bits per heavy atom. The molecular weight excluding hydrogens is 379 g/mol. The maximum Gasteiger partial charge on any atom is 0.329 e. The Morgan fingerprint density at radius 2 is 1.76 bits per heavy atom. The smallest absolute Gasteiger partial charge is 0.329 e. The molecule has 1 atom stereocenters. The zero-order chi connectivity index (χ0) is 21.4. The van der Waals surface area contributed by atoms with Crippen molar-refractivity contribution in [1.82, 2.24) is 5.32 Å². The number of ketones is 1. The molecule has 2 N–H and O–H groups in total. The van der Waals surface area contributed by atoms with Crippen LogP contribution in [-0.2, 0) is 9.53 Å². The Bertz CT molecular complexity index is 871. The van der Waals surface area contributed by atoms with Gasteiger partial charge in [-0.15, -0.1) is 0 Å². The number of amides is 2. The van der Waals surface area contributed by atoms with Gasteiger partial charge >= 0.3 is 12.0 Å². The third-order valence-electron chi connectivity index (χ3n) is 4.05. The second-order valence-corrected chi connectivity index (χ2v) is 6.56. The van der Waals surface area contributed by atoms with Crippen LogP contribution in [0.15, 0.2) is 48.5 Å². The van der Waals surface area contributed by atoms with Crippen LogP contribution in [0.4, 0.5) is 14.9 Å². The lowest BCUT2D eigenvalue weighted by Gasteiger charge is -2.21. The van der Waals surface area contributed by atoms with Crippen LogP contribution < -0.4 is 15.4 Å². The van der Waals surface area contributed by atoms with Crippen LogP contribution in [0.2, 0.25) is 0 Å². The number of halogens is 1. The van der Waals surface area contributed by atoms with Crippen LogP contribution in [-0.4, -0.2) is 37.5 Å². The van der Waals surface area contributed by atoms with Crippen LogP contribution >= 0.6 is 0 Å². The van der Waals surface area contributed by atoms with Crippen molar-refractivity contribution in [2.24, 2.45) is 5.92 Å². The summed E-state index contributed by atoms with van der Waals surface area (Å²) >= 11 is 0. The molecule has 8 heteroatoms. The summed E-state index contributed by atoms with van der Waals surface area (Å²) in [4.78, 5) is 36.9. The highest BCUT2D eigenvalue weighted by atomic mass is 19.1. The number of Topliss-reactive ketones (excluding diaryl/α,β-unsaturated/α-hetero) is 1. The number of rotatable bonds is 8. The van der Waals surface area contributed by atoms with E-state index in [1.54, 1.807) is 38.1 Å². The molecule has 2 aromatic rings. The summed E-state index contributed by atoms with van der Waals surface area (Å²) in [6, 6.07) is 10.7. The third kappa shape index (κ3) is 6.31. The number of carbonyl (C=O) groups is 3. The molecule has 0 aromatic heterocycles. The Kier molecular flexibility index (Phi) is 7.70. The van der Waals surface area contributed by atoms with E-state index < -0.39 is 36.2 Å². The second kappa shape index (κ2) is 10.2. The highest BCUT2D eigenvalue weighted by molar-refractivity contribution is 6.00. The van der Waals surface area contributed by atoms with Crippen molar-refractivity contribution in [2.75, 3.05) is 19.0 Å². The highest BCUT2D eigenvalue weighted by Crippen LogP contribution is 2.20. The van der Waals surface area contributed by atoms with Crippen LogP contribution in [0.3, 0.4) is 0 Å². The van der Waals surface area contributed by atoms with Gasteiger partial charge in [-0.3, -0.25) is 4.79 Å². The van der Waals surface area contributed by atoms with Crippen LogP contribution in [0.5, 0.6) is 5.75 Å². The van der Waals surface area contributed by atoms with Gasteiger partial charge in [0.1, 0.15) is 17.6 Å². The van der Waals surface area contributed by atoms with Crippen molar-refractivity contribution in [2.45, 2.75) is 19.9 Å². The first-order valence-electron chi connectivity index (χ1n) is 8.97. The van der Waals surface area contributed by atoms with Crippen molar-refractivity contribution in [1.29, 1.82) is 0 Å². The number of esters is 1. The van der Waals surface area contributed by atoms with Crippen molar-refractivity contribution in [3.05, 3.63) is 59.9 Å². The van der Waals surface area contributed by atoms with Crippen molar-refractivity contribution >= 4 is 23.5 Å². The zero-order valence-electron chi connectivity index (χ0n) is 16.4. The number of urea groups is 1. The van der Waals surface area contributed by atoms with Gasteiger partial charge in [0.25, 0.3) is 0 Å². The van der Waals surface area contributed by atoms with E-state index in [2.05, 4.69) is 10.6 Å². The molecule has 0 bridgehead atoms. The van der Waals surface area contributed by atoms with Gasteiger partial charge in [0.2, 0.25) is 5.78 Å². The minimum atomic E-state index is -0.971. The standard InChI is InChI=1S/C21H23FN2O5/c1-13(2)19(24-21(27)23-15-7-5-4-6-8-15)20(26)29-12-17(25)16-11-14(22)9-10-18(16)28-3/h4-11,13,19H,12H2,1-3H3,(H2,23,24,27)/t19-/m0/s1. The van der Waals surface area contributed by atoms with Gasteiger partial charge < -0.3 is 20.1 Å². The van der Waals surface area contributed by atoms with Crippen LogP contribution in [0.1, 0.15) is 24.2 Å². The topological polar surface area (TPSA) is 93.7 Å². The van der Waals surface area contributed by atoms with Gasteiger partial charge in [-0.25, -0.2) is 14.0 Å². The molecule has 154 valence electrons. The Balaban J connectivity index is 1.98. The molecule has 29 heavy (non-hydrogen) atoms. The molecule has 0 aliphatic carbocycles. The molecule has 0 heterocycles. The number of hydrogen-bond acceptors (Lipinski definition) is 5. The summed E-state index contributed by atoms with van der Waals surface area (Å²) in [6.07, 6.45) is 0. The molecule has 0 radical (unpaired) electrons. The Labute approximate surface area is 168 Å². The number of benzene rings is 2. The largest absolute Gasteiger partial charge is 0.496 e. The van der Waals surface area contributed by atoms with E-state index in [4.69, 9.17) is 9.47 Å². The van der Waals surface area contributed by atoms with Crippen molar-refractivity contribution in [3.8, 4) is 5.75 Å². The van der Waals surface area contributed by atoms with E-state index in [1.807, 2.05) is 6.07 Å². The highest BCUT2D eigenvalue weighted by Gasteiger charge is 2.27. The summed E-state index contributed by atoms with van der Waals surface area (Å²) in [5, 5.41) is 5.15. The molecule has 2 rings (SSSR count). The van der Waals surface area contributed by atoms with Gasteiger partial charge in [0, 0.05) is 5.69 Å². The predicted molar refractivity (Wildman–Crippen MR) is 105 cm³/mol. The van der Waals surface area contributed by atoms with Crippen LogP contribution in [0, 0.1) is 11.7 Å². The third-order valence-corrected chi connectivity index (χ3v) is 4.05. The number of ether oxygens (including phenoxy) is 2. The fraction of sp³-hybridized carbons (Fsp3) is 0.286. The molecule has 0 saturated carbocycles. The van der Waals surface area contributed by atoms with E-state index in [1.165, 1.54) is 13.2 Å². The number of para-hydroxylation sites is 1. The van der Waals surface area contributed by atoms with Gasteiger partial charge in [-0.1, -0.05) is 32.0 Å². The van der Waals surface area contributed by atoms with E-state index in [9.17, 15) is 18.8 Å². The average molecular weight is 402 g/mol. The van der Waals surface area contributed by atoms with E-state index >= 15 is 0 Å². The molecule has 2 aromatic carbocycles. The van der Waals surface area contributed by atoms with Gasteiger partial charge in [0.15, 0.2) is 6.61 Å². The maximum absolute atomic E-state index is 13.4. The molecule has 0 aliphatic heterocycles.